The molecule has 0 bridgehead atoms. The predicted molar refractivity (Wildman–Crippen MR) is 44.2 cm³/mol. The lowest BCUT2D eigenvalue weighted by atomic mass is 10.2. The highest BCUT2D eigenvalue weighted by molar-refractivity contribution is 4.81. The highest BCUT2D eigenvalue weighted by Gasteiger charge is 2.19. The number of nitrogens with one attached hydrogen (secondary N) is 1. The number of likely N-dealkylation sites (N-methyl/N-ethyl adjacent to an activating group) is 1. The van der Waals surface area contributed by atoms with Crippen molar-refractivity contribution in [2.24, 2.45) is 0 Å². The first-order valence-electron chi connectivity index (χ1n) is 4.09. The summed E-state index contributed by atoms with van der Waals surface area (Å²) in [7, 11) is 4.26. The molecule has 1 aliphatic rings. The van der Waals surface area contributed by atoms with E-state index in [-0.39, 0.29) is 0 Å². The maximum Gasteiger partial charge on any atom is 0.0197 e. The Morgan fingerprint density at radius 2 is 2.10 bits per heavy atom. The van der Waals surface area contributed by atoms with Crippen molar-refractivity contribution in [3.63, 3.8) is 0 Å². The zero-order valence-electron chi connectivity index (χ0n) is 7.22. The van der Waals surface area contributed by atoms with Crippen molar-refractivity contribution in [1.29, 1.82) is 0 Å². The van der Waals surface area contributed by atoms with Crippen LogP contribution in [0.4, 0.5) is 0 Å². The topological polar surface area (TPSA) is 15.3 Å². The summed E-state index contributed by atoms with van der Waals surface area (Å²) in [6.07, 6.45) is 2.69. The van der Waals surface area contributed by atoms with Gasteiger partial charge in [0.1, 0.15) is 0 Å². The highest BCUT2D eigenvalue weighted by Crippen LogP contribution is 2.11. The lowest BCUT2D eigenvalue weighted by Crippen LogP contribution is -2.35. The molecular weight excluding hydrogens is 124 g/mol. The molecular formula is C8H18N2. The standard InChI is InChI=1S/C8H18N2/c1-7-4-5-8(9-7)6-10(2)3/h7-9H,4-6H2,1-3H3/t7-,8-/m0/s1. The van der Waals surface area contributed by atoms with Crippen LogP contribution in [0.25, 0.3) is 0 Å². The summed E-state index contributed by atoms with van der Waals surface area (Å²) in [6, 6.07) is 1.48. The van der Waals surface area contributed by atoms with Crippen molar-refractivity contribution < 1.29 is 0 Å². The van der Waals surface area contributed by atoms with Crippen LogP contribution < -0.4 is 5.32 Å². The van der Waals surface area contributed by atoms with Gasteiger partial charge in [0.15, 0.2) is 0 Å². The number of hydrogen-bond acceptors (Lipinski definition) is 2. The molecule has 10 heavy (non-hydrogen) atoms. The van der Waals surface area contributed by atoms with Crippen molar-refractivity contribution in [3.8, 4) is 0 Å². The summed E-state index contributed by atoms with van der Waals surface area (Å²) in [5, 5.41) is 3.54. The average Bonchev–Trinajstić information content (AvgIpc) is 2.13. The van der Waals surface area contributed by atoms with Crippen molar-refractivity contribution in [2.45, 2.75) is 31.8 Å². The zero-order chi connectivity index (χ0) is 7.56. The SMILES string of the molecule is C[C@H]1CC[C@@H](CN(C)C)N1. The number of rotatable bonds is 2. The van der Waals surface area contributed by atoms with Crippen molar-refractivity contribution in [3.05, 3.63) is 0 Å². The molecule has 2 atom stereocenters. The van der Waals surface area contributed by atoms with E-state index in [1.807, 2.05) is 0 Å². The Morgan fingerprint density at radius 3 is 2.50 bits per heavy atom. The minimum atomic E-state index is 0.741. The first-order valence-corrected chi connectivity index (χ1v) is 4.09. The Hall–Kier alpha value is -0.0800. The van der Waals surface area contributed by atoms with E-state index in [9.17, 15) is 0 Å². The van der Waals surface area contributed by atoms with E-state index in [1.54, 1.807) is 0 Å². The second-order valence-electron chi connectivity index (χ2n) is 3.60. The van der Waals surface area contributed by atoms with Crippen LogP contribution in [0.5, 0.6) is 0 Å². The molecule has 1 N–H and O–H groups in total. The van der Waals surface area contributed by atoms with Gasteiger partial charge in [0.05, 0.1) is 0 Å². The highest BCUT2D eigenvalue weighted by atomic mass is 15.1. The van der Waals surface area contributed by atoms with Crippen molar-refractivity contribution in [1.82, 2.24) is 10.2 Å². The summed E-state index contributed by atoms with van der Waals surface area (Å²) < 4.78 is 0. The van der Waals surface area contributed by atoms with Crippen LogP contribution in [0.15, 0.2) is 0 Å². The second kappa shape index (κ2) is 3.35. The molecule has 1 rings (SSSR count). The van der Waals surface area contributed by atoms with Gasteiger partial charge in [-0.05, 0) is 33.9 Å². The van der Waals surface area contributed by atoms with Gasteiger partial charge in [-0.2, -0.15) is 0 Å². The second-order valence-corrected chi connectivity index (χ2v) is 3.60. The van der Waals surface area contributed by atoms with Gasteiger partial charge in [-0.3, -0.25) is 0 Å². The Kier molecular flexibility index (Phi) is 2.69. The molecule has 2 nitrogen and oxygen atoms in total. The van der Waals surface area contributed by atoms with Gasteiger partial charge in [0.2, 0.25) is 0 Å². The normalized spacial score (nSPS) is 33.6. The first kappa shape index (κ1) is 8.02. The van der Waals surface area contributed by atoms with Gasteiger partial charge < -0.3 is 10.2 Å². The molecule has 0 spiro atoms. The van der Waals surface area contributed by atoms with Crippen LogP contribution in [0.3, 0.4) is 0 Å². The summed E-state index contributed by atoms with van der Waals surface area (Å²) in [4.78, 5) is 2.25. The third-order valence-corrected chi connectivity index (χ3v) is 2.05. The molecule has 0 radical (unpaired) electrons. The summed E-state index contributed by atoms with van der Waals surface area (Å²) >= 11 is 0. The van der Waals surface area contributed by atoms with E-state index in [0.29, 0.717) is 0 Å². The van der Waals surface area contributed by atoms with E-state index >= 15 is 0 Å². The molecule has 0 saturated carbocycles. The lowest BCUT2D eigenvalue weighted by Gasteiger charge is -2.16. The van der Waals surface area contributed by atoms with Crippen LogP contribution in [0.1, 0.15) is 19.8 Å². The molecule has 0 aromatic carbocycles. The fourth-order valence-electron chi connectivity index (χ4n) is 1.60. The molecule has 2 heteroatoms. The average molecular weight is 142 g/mol. The largest absolute Gasteiger partial charge is 0.310 e. The van der Waals surface area contributed by atoms with Gasteiger partial charge in [-0.25, -0.2) is 0 Å². The Bertz CT molecular complexity index is 101. The zero-order valence-corrected chi connectivity index (χ0v) is 7.22. The van der Waals surface area contributed by atoms with Crippen LogP contribution in [0, 0.1) is 0 Å². The molecule has 0 aromatic heterocycles. The van der Waals surface area contributed by atoms with E-state index in [2.05, 4.69) is 31.2 Å². The minimum absolute atomic E-state index is 0.741. The van der Waals surface area contributed by atoms with E-state index in [1.165, 1.54) is 19.4 Å². The summed E-state index contributed by atoms with van der Waals surface area (Å²) in [6.45, 7) is 3.44. The van der Waals surface area contributed by atoms with E-state index in [0.717, 1.165) is 12.1 Å². The smallest absolute Gasteiger partial charge is 0.0197 e. The quantitative estimate of drug-likeness (QED) is 0.610. The van der Waals surface area contributed by atoms with E-state index in [4.69, 9.17) is 0 Å². The third-order valence-electron chi connectivity index (χ3n) is 2.05. The lowest BCUT2D eigenvalue weighted by molar-refractivity contribution is 0.352. The number of hydrogen-bond donors (Lipinski definition) is 1. The minimum Gasteiger partial charge on any atom is -0.310 e. The summed E-state index contributed by atoms with van der Waals surface area (Å²) in [5.74, 6) is 0. The molecule has 1 heterocycles. The van der Waals surface area contributed by atoms with Gasteiger partial charge >= 0.3 is 0 Å². The van der Waals surface area contributed by atoms with Gasteiger partial charge in [-0.15, -0.1) is 0 Å². The fourth-order valence-corrected chi connectivity index (χ4v) is 1.60. The fraction of sp³-hybridized carbons (Fsp3) is 1.00. The monoisotopic (exact) mass is 142 g/mol. The number of nitrogens with zero attached hydrogens (tertiary/aromatic N) is 1. The van der Waals surface area contributed by atoms with Gasteiger partial charge in [0, 0.05) is 18.6 Å². The molecule has 0 amide bonds. The molecule has 0 unspecified atom stereocenters. The van der Waals surface area contributed by atoms with E-state index < -0.39 is 0 Å². The van der Waals surface area contributed by atoms with Crippen molar-refractivity contribution in [2.75, 3.05) is 20.6 Å². The third kappa shape index (κ3) is 2.27. The van der Waals surface area contributed by atoms with Crippen LogP contribution in [-0.4, -0.2) is 37.6 Å². The first-order chi connectivity index (χ1) is 4.68. The molecule has 1 fully saturated rings. The Labute approximate surface area is 63.6 Å². The molecule has 60 valence electrons. The van der Waals surface area contributed by atoms with Crippen LogP contribution in [0.2, 0.25) is 0 Å². The van der Waals surface area contributed by atoms with Crippen molar-refractivity contribution >= 4 is 0 Å². The molecule has 0 aliphatic carbocycles. The van der Waals surface area contributed by atoms with Crippen LogP contribution in [-0.2, 0) is 0 Å². The predicted octanol–water partition coefficient (Wildman–Crippen LogP) is 0.688. The Morgan fingerprint density at radius 1 is 1.40 bits per heavy atom. The Balaban J connectivity index is 2.18. The maximum absolute atomic E-state index is 3.54. The molecule has 1 aliphatic heterocycles. The van der Waals surface area contributed by atoms with Crippen LogP contribution >= 0.6 is 0 Å². The maximum atomic E-state index is 3.54. The van der Waals surface area contributed by atoms with Gasteiger partial charge in [-0.1, -0.05) is 0 Å². The molecule has 0 aromatic rings. The molecule has 1 saturated heterocycles. The summed E-state index contributed by atoms with van der Waals surface area (Å²) in [5.41, 5.74) is 0. The van der Waals surface area contributed by atoms with Gasteiger partial charge in [0.25, 0.3) is 0 Å².